The number of nitrogens with zero attached hydrogens (tertiary/aromatic N) is 4. The molecule has 180 valence electrons. The van der Waals surface area contributed by atoms with Crippen LogP contribution in [-0.2, 0) is 16.0 Å². The van der Waals surface area contributed by atoms with Gasteiger partial charge >= 0.3 is 18.9 Å². The molecule has 1 fully saturated rings. The zero-order valence-electron chi connectivity index (χ0n) is 19.7. The van der Waals surface area contributed by atoms with Gasteiger partial charge in [0.1, 0.15) is 5.69 Å². The fourth-order valence-electron chi connectivity index (χ4n) is 3.78. The van der Waals surface area contributed by atoms with E-state index in [4.69, 9.17) is 15.2 Å². The first-order chi connectivity index (χ1) is 16.5. The molecule has 1 aliphatic heterocycles. The number of ether oxygens (including phenoxy) is 2. The van der Waals surface area contributed by atoms with Gasteiger partial charge in [-0.15, -0.1) is 0 Å². The molecule has 1 aromatic carbocycles. The summed E-state index contributed by atoms with van der Waals surface area (Å²) in [5.74, 6) is -1.89. The maximum atomic E-state index is 12.9. The van der Waals surface area contributed by atoms with Crippen LogP contribution in [0.1, 0.15) is 39.7 Å². The number of rotatable bonds is 10. The summed E-state index contributed by atoms with van der Waals surface area (Å²) in [6.45, 7) is 3.22. The van der Waals surface area contributed by atoms with E-state index in [1.54, 1.807) is 40.0 Å². The van der Waals surface area contributed by atoms with E-state index in [1.807, 2.05) is 12.3 Å². The predicted octanol–water partition coefficient (Wildman–Crippen LogP) is -2.31. The van der Waals surface area contributed by atoms with Gasteiger partial charge in [0.05, 0.1) is 43.7 Å². The quantitative estimate of drug-likeness (QED) is 0.246. The number of carboxylic acid groups (broad SMARTS) is 1. The van der Waals surface area contributed by atoms with Crippen molar-refractivity contribution >= 4 is 17.6 Å². The Bertz CT molecular complexity index is 1140. The third-order valence-corrected chi connectivity index (χ3v) is 5.56. The number of amides is 1. The molecule has 1 aliphatic rings. The van der Waals surface area contributed by atoms with Crippen LogP contribution in [0.5, 0.6) is 0 Å². The molecule has 2 aromatic heterocycles. The smallest absolute Gasteiger partial charge is 0.543 e. The van der Waals surface area contributed by atoms with Crippen LogP contribution in [0.25, 0.3) is 11.1 Å². The molecule has 1 amide bonds. The van der Waals surface area contributed by atoms with E-state index in [-0.39, 0.29) is 36.3 Å². The Kier molecular flexibility index (Phi) is 9.65. The second-order valence-corrected chi connectivity index (χ2v) is 7.93. The van der Waals surface area contributed by atoms with Crippen LogP contribution in [0.3, 0.4) is 0 Å². The van der Waals surface area contributed by atoms with E-state index < -0.39 is 11.9 Å². The Balaban J connectivity index is 0.00000342. The second kappa shape index (κ2) is 12.7. The zero-order chi connectivity index (χ0) is 23.9. The molecule has 3 N–H and O–H groups in total. The molecule has 35 heavy (non-hydrogen) atoms. The summed E-state index contributed by atoms with van der Waals surface area (Å²) >= 11 is 0. The molecule has 4 rings (SSSR count). The van der Waals surface area contributed by atoms with Crippen LogP contribution < -0.4 is 35.0 Å². The van der Waals surface area contributed by atoms with Crippen LogP contribution >= 0.6 is 0 Å². The minimum absolute atomic E-state index is 0. The second-order valence-electron chi connectivity index (χ2n) is 7.93. The molecule has 0 radical (unpaired) electrons. The first-order valence-corrected chi connectivity index (χ1v) is 11.2. The van der Waals surface area contributed by atoms with Crippen molar-refractivity contribution in [3.8, 4) is 11.1 Å². The Morgan fingerprint density at radius 3 is 2.74 bits per heavy atom. The summed E-state index contributed by atoms with van der Waals surface area (Å²) in [4.78, 5) is 24.5. The minimum atomic E-state index is -1.45. The molecule has 0 atom stereocenters. The number of carbonyl (C=O) groups excluding carboxylic acids is 2. The molecular weight excluding hydrogens is 447 g/mol. The number of hydrogen-bond donors (Lipinski definition) is 2. The number of benzene rings is 1. The fourth-order valence-corrected chi connectivity index (χ4v) is 3.78. The summed E-state index contributed by atoms with van der Waals surface area (Å²) in [6, 6.07) is 7.03. The van der Waals surface area contributed by atoms with Gasteiger partial charge < -0.3 is 30.4 Å². The Morgan fingerprint density at radius 2 is 2.00 bits per heavy atom. The van der Waals surface area contributed by atoms with E-state index in [1.165, 1.54) is 0 Å². The van der Waals surface area contributed by atoms with Gasteiger partial charge in [-0.25, -0.2) is 0 Å². The van der Waals surface area contributed by atoms with Gasteiger partial charge in [0.25, 0.3) is 5.91 Å². The molecule has 1 saturated heterocycles. The number of aromatic nitrogens is 4. The molecule has 3 heterocycles. The number of nitrogens with one attached hydrogen (secondary N) is 1. The zero-order valence-corrected chi connectivity index (χ0v) is 19.7. The van der Waals surface area contributed by atoms with Crippen LogP contribution in [0.4, 0.5) is 5.69 Å². The van der Waals surface area contributed by atoms with E-state index >= 15 is 0 Å². The van der Waals surface area contributed by atoms with Crippen LogP contribution in [-0.4, -0.2) is 64.4 Å². The molecule has 0 spiro atoms. The summed E-state index contributed by atoms with van der Waals surface area (Å²) in [6.07, 6.45) is 6.56. The Morgan fingerprint density at radius 1 is 1.20 bits per heavy atom. The number of carbonyl (C=O) groups is 2. The third-order valence-electron chi connectivity index (χ3n) is 5.56. The first-order valence-electron chi connectivity index (χ1n) is 11.2. The molecule has 11 nitrogen and oxygen atoms in total. The normalized spacial score (nSPS) is 13.9. The van der Waals surface area contributed by atoms with E-state index in [9.17, 15) is 14.7 Å². The molecule has 0 bridgehead atoms. The average Bonchev–Trinajstić information content (AvgIpc) is 3.50. The predicted molar refractivity (Wildman–Crippen MR) is 121 cm³/mol. The maximum Gasteiger partial charge on any atom is 1.00 e. The standard InChI is InChI=1S/C23H28N6O5.Li/c24-6-10-34-11-7-28-14-18(13-25-28)16-2-1-3-17(12-16)22(30)26-20-15-29(27-21(20)23(31)32)19-4-8-33-9-5-19;/h1-3,12-15,19H,4-11,24H2,(H,26,30)(H,31,32);/q;+1/p-1. The Labute approximate surface area is 214 Å². The monoisotopic (exact) mass is 474 g/mol. The molecule has 0 aliphatic carbocycles. The van der Waals surface area contributed by atoms with Gasteiger partial charge in [-0.05, 0) is 30.5 Å². The number of hydrogen-bond acceptors (Lipinski definition) is 8. The SMILES string of the molecule is NCCOCCn1cc(-c2cccc(C(=O)Nc3cn(C4CCOCC4)nc3C(=O)[O-])c2)cn1.[Li+]. The van der Waals surface area contributed by atoms with Crippen molar-refractivity contribution in [1.29, 1.82) is 0 Å². The number of aromatic carboxylic acids is 1. The third kappa shape index (κ3) is 6.81. The van der Waals surface area contributed by atoms with Crippen LogP contribution in [0.15, 0.2) is 42.9 Å². The van der Waals surface area contributed by atoms with Crippen LogP contribution in [0, 0.1) is 0 Å². The molecule has 0 saturated carbocycles. The van der Waals surface area contributed by atoms with E-state index in [0.29, 0.717) is 45.1 Å². The summed E-state index contributed by atoms with van der Waals surface area (Å²) in [7, 11) is 0. The van der Waals surface area contributed by atoms with Crippen LogP contribution in [0.2, 0.25) is 0 Å². The van der Waals surface area contributed by atoms with Crippen molar-refractivity contribution in [3.63, 3.8) is 0 Å². The van der Waals surface area contributed by atoms with Crippen molar-refractivity contribution in [2.45, 2.75) is 25.4 Å². The average molecular weight is 474 g/mol. The van der Waals surface area contributed by atoms with Gasteiger partial charge in [0.2, 0.25) is 0 Å². The minimum Gasteiger partial charge on any atom is -0.543 e. The molecule has 12 heteroatoms. The molecule has 0 unspecified atom stereocenters. The summed E-state index contributed by atoms with van der Waals surface area (Å²) < 4.78 is 14.1. The topological polar surface area (TPSA) is 149 Å². The molecular formula is C23H27LiN6O5. The van der Waals surface area contributed by atoms with Gasteiger partial charge in [-0.3, -0.25) is 14.2 Å². The summed E-state index contributed by atoms with van der Waals surface area (Å²) in [5, 5.41) is 22.7. The van der Waals surface area contributed by atoms with Crippen molar-refractivity contribution in [3.05, 3.63) is 54.1 Å². The number of carboxylic acids is 1. The van der Waals surface area contributed by atoms with Gasteiger partial charge in [-0.2, -0.15) is 10.2 Å². The first kappa shape index (κ1) is 26.7. The van der Waals surface area contributed by atoms with Gasteiger partial charge in [0.15, 0.2) is 0 Å². The van der Waals surface area contributed by atoms with E-state index in [0.717, 1.165) is 24.0 Å². The van der Waals surface area contributed by atoms with Gasteiger partial charge in [-0.1, -0.05) is 12.1 Å². The fraction of sp³-hybridized carbons (Fsp3) is 0.391. The largest absolute Gasteiger partial charge is 1.00 e. The summed E-state index contributed by atoms with van der Waals surface area (Å²) in [5.41, 5.74) is 7.24. The maximum absolute atomic E-state index is 12.9. The van der Waals surface area contributed by atoms with Crippen molar-refractivity contribution in [1.82, 2.24) is 19.6 Å². The van der Waals surface area contributed by atoms with Crippen molar-refractivity contribution in [2.24, 2.45) is 5.73 Å². The van der Waals surface area contributed by atoms with E-state index in [2.05, 4.69) is 15.5 Å². The Hall–Kier alpha value is -2.94. The molecule has 3 aromatic rings. The number of nitrogens with two attached hydrogens (primary N) is 1. The van der Waals surface area contributed by atoms with Crippen molar-refractivity contribution < 1.29 is 43.0 Å². The van der Waals surface area contributed by atoms with Crippen molar-refractivity contribution in [2.75, 3.05) is 38.3 Å². The van der Waals surface area contributed by atoms with Gasteiger partial charge in [0, 0.05) is 43.3 Å². The number of anilines is 1.